The minimum absolute atomic E-state index is 0.229. The quantitative estimate of drug-likeness (QED) is 0.552. The van der Waals surface area contributed by atoms with E-state index in [1.807, 2.05) is 11.8 Å². The zero-order valence-corrected chi connectivity index (χ0v) is 17.3. The average molecular weight is 391 g/mol. The van der Waals surface area contributed by atoms with Gasteiger partial charge < -0.3 is 9.30 Å². The number of rotatable bonds is 7. The number of benzene rings is 2. The van der Waals surface area contributed by atoms with Crippen molar-refractivity contribution in [2.24, 2.45) is 4.99 Å². The van der Waals surface area contributed by atoms with Gasteiger partial charge in [-0.05, 0) is 42.7 Å². The summed E-state index contributed by atoms with van der Waals surface area (Å²) >= 11 is 1.92. The Morgan fingerprint density at radius 2 is 1.93 bits per heavy atom. The lowest BCUT2D eigenvalue weighted by Gasteiger charge is -2.12. The lowest BCUT2D eigenvalue weighted by atomic mass is 10.1. The summed E-state index contributed by atoms with van der Waals surface area (Å²) in [6.45, 7) is 5.82. The van der Waals surface area contributed by atoms with Crippen LogP contribution in [0.3, 0.4) is 0 Å². The molecule has 0 saturated heterocycles. The summed E-state index contributed by atoms with van der Waals surface area (Å²) in [5.41, 5.74) is 6.37. The molecule has 1 atom stereocenters. The number of ether oxygens (including phenoxy) is 1. The van der Waals surface area contributed by atoms with Crippen LogP contribution in [0.25, 0.3) is 0 Å². The third kappa shape index (κ3) is 4.50. The van der Waals surface area contributed by atoms with Crippen LogP contribution in [0.15, 0.2) is 71.9 Å². The van der Waals surface area contributed by atoms with E-state index in [1.54, 1.807) is 0 Å². The van der Waals surface area contributed by atoms with Crippen molar-refractivity contribution >= 4 is 17.7 Å². The van der Waals surface area contributed by atoms with Gasteiger partial charge in [-0.2, -0.15) is 11.8 Å². The highest BCUT2D eigenvalue weighted by Crippen LogP contribution is 2.20. The van der Waals surface area contributed by atoms with Crippen LogP contribution >= 0.6 is 11.8 Å². The van der Waals surface area contributed by atoms with Gasteiger partial charge in [0.25, 0.3) is 0 Å². The van der Waals surface area contributed by atoms with Crippen LogP contribution < -0.4 is 0 Å². The smallest absolute Gasteiger partial charge is 0.233 e. The topological polar surface area (TPSA) is 26.5 Å². The Morgan fingerprint density at radius 1 is 1.07 bits per heavy atom. The summed E-state index contributed by atoms with van der Waals surface area (Å²) in [5.74, 6) is 2.78. The minimum Gasteiger partial charge on any atom is -0.474 e. The van der Waals surface area contributed by atoms with Crippen molar-refractivity contribution in [1.82, 2.24) is 4.57 Å². The lowest BCUT2D eigenvalue weighted by Crippen LogP contribution is -2.11. The van der Waals surface area contributed by atoms with Crippen LogP contribution in [0.5, 0.6) is 0 Å². The molecule has 4 heteroatoms. The van der Waals surface area contributed by atoms with E-state index in [0.29, 0.717) is 6.61 Å². The highest BCUT2D eigenvalue weighted by atomic mass is 32.2. The van der Waals surface area contributed by atoms with Crippen molar-refractivity contribution < 1.29 is 4.74 Å². The zero-order chi connectivity index (χ0) is 19.3. The molecular weight excluding hydrogens is 364 g/mol. The average Bonchev–Trinajstić information content (AvgIpc) is 3.35. The Hall–Kier alpha value is -2.46. The Bertz CT molecular complexity index is 962. The van der Waals surface area contributed by atoms with Crippen LogP contribution in [0.4, 0.5) is 0 Å². The second-order valence-corrected chi connectivity index (χ2v) is 8.38. The van der Waals surface area contributed by atoms with Gasteiger partial charge in [0.15, 0.2) is 0 Å². The third-order valence-electron chi connectivity index (χ3n) is 5.03. The number of aryl methyl sites for hydroxylation is 2. The first kappa shape index (κ1) is 18.9. The fraction of sp³-hybridized carbons (Fsp3) is 0.292. The molecule has 28 heavy (non-hydrogen) atoms. The molecule has 1 aliphatic heterocycles. The standard InChI is InChI=1S/C24H26N2OS/c1-18-10-11-19(2)21(13-18)14-26-12-6-9-23(26)24-25-22(15-27-24)17-28-16-20-7-4-3-5-8-20/h3-13,22H,14-17H2,1-2H3. The predicted octanol–water partition coefficient (Wildman–Crippen LogP) is 5.23. The number of thioether (sulfide) groups is 1. The van der Waals surface area contributed by atoms with Crippen molar-refractivity contribution in [2.75, 3.05) is 12.4 Å². The van der Waals surface area contributed by atoms with Crippen LogP contribution in [-0.4, -0.2) is 28.9 Å². The molecule has 1 unspecified atom stereocenters. The Balaban J connectivity index is 1.40. The maximum atomic E-state index is 5.96. The van der Waals surface area contributed by atoms with Crippen LogP contribution in [0, 0.1) is 13.8 Å². The molecule has 0 amide bonds. The van der Waals surface area contributed by atoms with Crippen molar-refractivity contribution in [3.8, 4) is 0 Å². The maximum absolute atomic E-state index is 5.96. The molecule has 3 aromatic rings. The number of aliphatic imine (C=N–C) groups is 1. The molecule has 144 valence electrons. The number of aromatic nitrogens is 1. The van der Waals surface area contributed by atoms with E-state index in [9.17, 15) is 0 Å². The van der Waals surface area contributed by atoms with Gasteiger partial charge in [0, 0.05) is 24.2 Å². The van der Waals surface area contributed by atoms with Gasteiger partial charge in [-0.25, -0.2) is 4.99 Å². The maximum Gasteiger partial charge on any atom is 0.233 e. The summed E-state index contributed by atoms with van der Waals surface area (Å²) in [5, 5.41) is 0. The Labute approximate surface area is 171 Å². The van der Waals surface area contributed by atoms with Gasteiger partial charge in [-0.1, -0.05) is 54.1 Å². The van der Waals surface area contributed by atoms with E-state index >= 15 is 0 Å². The van der Waals surface area contributed by atoms with Gasteiger partial charge in [0.05, 0.1) is 6.04 Å². The molecule has 0 radical (unpaired) electrons. The van der Waals surface area contributed by atoms with E-state index < -0.39 is 0 Å². The summed E-state index contributed by atoms with van der Waals surface area (Å²) in [6, 6.07) is 21.6. The molecule has 1 aliphatic rings. The van der Waals surface area contributed by atoms with E-state index in [4.69, 9.17) is 9.73 Å². The zero-order valence-electron chi connectivity index (χ0n) is 16.5. The molecule has 2 heterocycles. The summed E-state index contributed by atoms with van der Waals surface area (Å²) in [6.07, 6.45) is 2.11. The monoisotopic (exact) mass is 390 g/mol. The molecule has 4 rings (SSSR count). The second-order valence-electron chi connectivity index (χ2n) is 7.35. The van der Waals surface area contributed by atoms with Crippen LogP contribution in [-0.2, 0) is 17.0 Å². The van der Waals surface area contributed by atoms with Gasteiger partial charge in [0.1, 0.15) is 12.3 Å². The van der Waals surface area contributed by atoms with E-state index in [2.05, 4.69) is 85.3 Å². The van der Waals surface area contributed by atoms with Gasteiger partial charge >= 0.3 is 0 Å². The molecule has 1 aromatic heterocycles. The van der Waals surface area contributed by atoms with Gasteiger partial charge in [-0.15, -0.1) is 0 Å². The van der Waals surface area contributed by atoms with Crippen molar-refractivity contribution in [3.05, 3.63) is 94.8 Å². The lowest BCUT2D eigenvalue weighted by molar-refractivity contribution is 0.323. The molecule has 2 aromatic carbocycles. The number of hydrogen-bond acceptors (Lipinski definition) is 3. The second kappa shape index (κ2) is 8.70. The van der Waals surface area contributed by atoms with E-state index in [-0.39, 0.29) is 6.04 Å². The fourth-order valence-electron chi connectivity index (χ4n) is 3.43. The summed E-state index contributed by atoms with van der Waals surface area (Å²) in [4.78, 5) is 4.86. The largest absolute Gasteiger partial charge is 0.474 e. The van der Waals surface area contributed by atoms with Crippen molar-refractivity contribution in [2.45, 2.75) is 32.2 Å². The van der Waals surface area contributed by atoms with E-state index in [0.717, 1.165) is 29.6 Å². The molecule has 0 saturated carbocycles. The van der Waals surface area contributed by atoms with Crippen molar-refractivity contribution in [1.29, 1.82) is 0 Å². The fourth-order valence-corrected chi connectivity index (χ4v) is 4.42. The Kier molecular flexibility index (Phi) is 5.87. The van der Waals surface area contributed by atoms with E-state index in [1.165, 1.54) is 22.3 Å². The third-order valence-corrected chi connectivity index (χ3v) is 6.19. The normalized spacial score (nSPS) is 16.1. The van der Waals surface area contributed by atoms with Gasteiger partial charge in [0.2, 0.25) is 5.90 Å². The first-order valence-electron chi connectivity index (χ1n) is 9.73. The Morgan fingerprint density at radius 3 is 2.79 bits per heavy atom. The highest BCUT2D eigenvalue weighted by Gasteiger charge is 2.22. The van der Waals surface area contributed by atoms with Crippen LogP contribution in [0.1, 0.15) is 27.9 Å². The first-order chi connectivity index (χ1) is 13.7. The molecule has 3 nitrogen and oxygen atoms in total. The predicted molar refractivity (Wildman–Crippen MR) is 118 cm³/mol. The van der Waals surface area contributed by atoms with Crippen molar-refractivity contribution in [3.63, 3.8) is 0 Å². The first-order valence-corrected chi connectivity index (χ1v) is 10.9. The number of nitrogens with zero attached hydrogens (tertiary/aromatic N) is 2. The molecule has 0 fully saturated rings. The molecule has 0 spiro atoms. The van der Waals surface area contributed by atoms with Crippen LogP contribution in [0.2, 0.25) is 0 Å². The summed E-state index contributed by atoms with van der Waals surface area (Å²) in [7, 11) is 0. The molecule has 0 aliphatic carbocycles. The minimum atomic E-state index is 0.229. The molecule has 0 bridgehead atoms. The number of hydrogen-bond donors (Lipinski definition) is 0. The summed E-state index contributed by atoms with van der Waals surface area (Å²) < 4.78 is 8.20. The molecular formula is C24H26N2OS. The SMILES string of the molecule is Cc1ccc(C)c(Cn2cccc2C2=NC(CSCc3ccccc3)CO2)c1. The highest BCUT2D eigenvalue weighted by molar-refractivity contribution is 7.98. The van der Waals surface area contributed by atoms with Gasteiger partial charge in [-0.3, -0.25) is 0 Å². The molecule has 0 N–H and O–H groups in total.